The minimum Gasteiger partial charge on any atom is -0.392 e. The minimum atomic E-state index is -0.556. The molecule has 0 saturated heterocycles. The highest BCUT2D eigenvalue weighted by atomic mass is 32.1. The molecule has 1 amide bonds. The first-order valence-corrected chi connectivity index (χ1v) is 8.63. The molecule has 1 fully saturated rings. The molecule has 1 aliphatic rings. The Kier molecular flexibility index (Phi) is 7.07. The summed E-state index contributed by atoms with van der Waals surface area (Å²) in [4.78, 5) is 17.5. The fourth-order valence-corrected chi connectivity index (χ4v) is 3.60. The lowest BCUT2D eigenvalue weighted by Crippen LogP contribution is -2.57. The van der Waals surface area contributed by atoms with Crippen molar-refractivity contribution in [1.29, 1.82) is 0 Å². The number of nitrogens with two attached hydrogens (primary N) is 1. The first kappa shape index (κ1) is 18.4. The number of amides is 1. The second-order valence-corrected chi connectivity index (χ2v) is 6.66. The molecule has 4 nitrogen and oxygen atoms in total. The zero-order valence-corrected chi connectivity index (χ0v) is 14.8. The van der Waals surface area contributed by atoms with Crippen molar-refractivity contribution < 1.29 is 4.79 Å². The van der Waals surface area contributed by atoms with Crippen molar-refractivity contribution in [2.75, 3.05) is 32.7 Å². The first-order valence-electron chi connectivity index (χ1n) is 8.22. The molecule has 0 aromatic carbocycles. The predicted molar refractivity (Wildman–Crippen MR) is 92.3 cm³/mol. The van der Waals surface area contributed by atoms with E-state index in [1.54, 1.807) is 0 Å². The Morgan fingerprint density at radius 1 is 1.19 bits per heavy atom. The van der Waals surface area contributed by atoms with Crippen LogP contribution >= 0.6 is 12.2 Å². The van der Waals surface area contributed by atoms with Crippen LogP contribution in [0, 0.1) is 11.3 Å². The molecule has 0 radical (unpaired) electrons. The maximum Gasteiger partial charge on any atom is 0.235 e. The molecular formula is C16H31N3OS. The van der Waals surface area contributed by atoms with Crippen LogP contribution in [0.4, 0.5) is 0 Å². The van der Waals surface area contributed by atoms with E-state index in [4.69, 9.17) is 18.0 Å². The lowest BCUT2D eigenvalue weighted by molar-refractivity contribution is -0.144. The van der Waals surface area contributed by atoms with Crippen molar-refractivity contribution in [1.82, 2.24) is 9.80 Å². The number of carbonyl (C=O) groups is 1. The van der Waals surface area contributed by atoms with Gasteiger partial charge in [-0.1, -0.05) is 33.0 Å². The highest BCUT2D eigenvalue weighted by Crippen LogP contribution is 2.47. The fraction of sp³-hybridized carbons (Fsp3) is 0.875. The summed E-state index contributed by atoms with van der Waals surface area (Å²) in [6.07, 6.45) is 2.63. The van der Waals surface area contributed by atoms with Crippen LogP contribution in [0.5, 0.6) is 0 Å². The third-order valence-corrected chi connectivity index (χ3v) is 5.13. The second kappa shape index (κ2) is 8.08. The Hall–Kier alpha value is -0.680. The lowest BCUT2D eigenvalue weighted by atomic mass is 9.61. The molecule has 0 heterocycles. The van der Waals surface area contributed by atoms with E-state index < -0.39 is 5.41 Å². The molecule has 1 aliphatic carbocycles. The van der Waals surface area contributed by atoms with Crippen LogP contribution in [-0.4, -0.2) is 53.4 Å². The monoisotopic (exact) mass is 313 g/mol. The summed E-state index contributed by atoms with van der Waals surface area (Å²) in [6.45, 7) is 13.2. The Morgan fingerprint density at radius 2 is 1.76 bits per heavy atom. The molecule has 0 aliphatic heterocycles. The highest BCUT2D eigenvalue weighted by Gasteiger charge is 2.52. The van der Waals surface area contributed by atoms with Gasteiger partial charge in [-0.15, -0.1) is 0 Å². The molecule has 122 valence electrons. The predicted octanol–water partition coefficient (Wildman–Crippen LogP) is 2.27. The molecule has 21 heavy (non-hydrogen) atoms. The van der Waals surface area contributed by atoms with Crippen LogP contribution < -0.4 is 5.73 Å². The van der Waals surface area contributed by atoms with Crippen LogP contribution in [0.1, 0.15) is 47.0 Å². The van der Waals surface area contributed by atoms with Crippen molar-refractivity contribution >= 4 is 23.1 Å². The van der Waals surface area contributed by atoms with Gasteiger partial charge in [-0.05, 0) is 51.7 Å². The molecular weight excluding hydrogens is 282 g/mol. The molecule has 2 N–H and O–H groups in total. The van der Waals surface area contributed by atoms with Gasteiger partial charge in [0, 0.05) is 13.1 Å². The minimum absolute atomic E-state index is 0.148. The number of nitrogens with zero attached hydrogens (tertiary/aromatic N) is 2. The van der Waals surface area contributed by atoms with Gasteiger partial charge in [-0.2, -0.15) is 0 Å². The van der Waals surface area contributed by atoms with E-state index in [1.165, 1.54) is 0 Å². The smallest absolute Gasteiger partial charge is 0.235 e. The topological polar surface area (TPSA) is 49.6 Å². The van der Waals surface area contributed by atoms with Gasteiger partial charge in [-0.25, -0.2) is 0 Å². The van der Waals surface area contributed by atoms with Crippen molar-refractivity contribution in [2.45, 2.75) is 47.0 Å². The molecule has 0 aromatic heterocycles. The maximum absolute atomic E-state index is 12.8. The molecule has 0 spiro atoms. The van der Waals surface area contributed by atoms with E-state index in [0.717, 1.165) is 52.0 Å². The van der Waals surface area contributed by atoms with Gasteiger partial charge in [0.05, 0.1) is 10.4 Å². The number of hydrogen-bond acceptors (Lipinski definition) is 3. The second-order valence-electron chi connectivity index (χ2n) is 6.23. The van der Waals surface area contributed by atoms with Crippen LogP contribution in [0.15, 0.2) is 0 Å². The summed E-state index contributed by atoms with van der Waals surface area (Å²) < 4.78 is 0. The van der Waals surface area contributed by atoms with Gasteiger partial charge < -0.3 is 15.5 Å². The molecule has 1 rings (SSSR count). The largest absolute Gasteiger partial charge is 0.392 e. The third kappa shape index (κ3) is 4.16. The average molecular weight is 314 g/mol. The van der Waals surface area contributed by atoms with Gasteiger partial charge in [0.15, 0.2) is 0 Å². The summed E-state index contributed by atoms with van der Waals surface area (Å²) in [5, 5.41) is 0. The standard InChI is InChI=1S/C16H31N3OS/c1-5-18(6-2)9-8-10-19(7-3)15(20)16(14(17)21)11-13(4)12-16/h13H,5-12H2,1-4H3,(H2,17,21). The van der Waals surface area contributed by atoms with E-state index in [0.29, 0.717) is 10.9 Å². The Bertz CT molecular complexity index is 363. The van der Waals surface area contributed by atoms with Crippen molar-refractivity contribution in [3.63, 3.8) is 0 Å². The van der Waals surface area contributed by atoms with E-state index in [1.807, 2.05) is 11.8 Å². The number of thiocarbonyl (C=S) groups is 1. The summed E-state index contributed by atoms with van der Waals surface area (Å²) in [6, 6.07) is 0. The molecule has 1 saturated carbocycles. The average Bonchev–Trinajstić information content (AvgIpc) is 2.43. The summed E-state index contributed by atoms with van der Waals surface area (Å²) in [5.41, 5.74) is 5.33. The molecule has 0 bridgehead atoms. The van der Waals surface area contributed by atoms with Crippen LogP contribution in [0.2, 0.25) is 0 Å². The summed E-state index contributed by atoms with van der Waals surface area (Å²) in [5.74, 6) is 0.694. The number of carbonyl (C=O) groups excluding carboxylic acids is 1. The summed E-state index contributed by atoms with van der Waals surface area (Å²) in [7, 11) is 0. The van der Waals surface area contributed by atoms with Crippen LogP contribution in [0.3, 0.4) is 0 Å². The van der Waals surface area contributed by atoms with Gasteiger partial charge in [0.2, 0.25) is 5.91 Å². The molecule has 5 heteroatoms. The van der Waals surface area contributed by atoms with Crippen LogP contribution in [0.25, 0.3) is 0 Å². The van der Waals surface area contributed by atoms with Gasteiger partial charge in [-0.3, -0.25) is 4.79 Å². The van der Waals surface area contributed by atoms with Crippen molar-refractivity contribution in [3.8, 4) is 0 Å². The third-order valence-electron chi connectivity index (χ3n) is 4.74. The van der Waals surface area contributed by atoms with Gasteiger partial charge >= 0.3 is 0 Å². The maximum atomic E-state index is 12.8. The fourth-order valence-electron chi connectivity index (χ4n) is 3.34. The van der Waals surface area contributed by atoms with E-state index in [9.17, 15) is 4.79 Å². The number of rotatable bonds is 9. The van der Waals surface area contributed by atoms with E-state index in [2.05, 4.69) is 25.7 Å². The summed E-state index contributed by atoms with van der Waals surface area (Å²) >= 11 is 5.19. The van der Waals surface area contributed by atoms with Crippen molar-refractivity contribution in [2.24, 2.45) is 17.1 Å². The quantitative estimate of drug-likeness (QED) is 0.664. The lowest BCUT2D eigenvalue weighted by Gasteiger charge is -2.46. The Labute approximate surface area is 135 Å². The van der Waals surface area contributed by atoms with E-state index in [-0.39, 0.29) is 5.91 Å². The molecule has 0 aromatic rings. The zero-order valence-electron chi connectivity index (χ0n) is 14.0. The molecule has 0 unspecified atom stereocenters. The normalized spacial score (nSPS) is 24.7. The first-order chi connectivity index (χ1) is 9.91. The van der Waals surface area contributed by atoms with Gasteiger partial charge in [0.1, 0.15) is 0 Å². The van der Waals surface area contributed by atoms with E-state index >= 15 is 0 Å². The SMILES string of the molecule is CCN(CC)CCCN(CC)C(=O)C1(C(N)=S)CC(C)C1. The highest BCUT2D eigenvalue weighted by molar-refractivity contribution is 7.80. The molecule has 0 atom stereocenters. The number of hydrogen-bond donors (Lipinski definition) is 1. The Balaban J connectivity index is 2.58. The Morgan fingerprint density at radius 3 is 2.14 bits per heavy atom. The zero-order chi connectivity index (χ0) is 16.0. The van der Waals surface area contributed by atoms with Gasteiger partial charge in [0.25, 0.3) is 0 Å². The van der Waals surface area contributed by atoms with Crippen LogP contribution in [-0.2, 0) is 4.79 Å². The van der Waals surface area contributed by atoms with Crippen molar-refractivity contribution in [3.05, 3.63) is 0 Å².